The zero-order valence-electron chi connectivity index (χ0n) is 15.1. The number of nitrogens with zero attached hydrogens (tertiary/aromatic N) is 1. The van der Waals surface area contributed by atoms with Crippen molar-refractivity contribution in [2.45, 2.75) is 19.3 Å². The van der Waals surface area contributed by atoms with Gasteiger partial charge in [0.05, 0.1) is 23.2 Å². The highest BCUT2D eigenvalue weighted by Crippen LogP contribution is 2.36. The number of carbonyl (C=O) groups is 1. The number of fused-ring (bicyclic) bond motifs is 3. The van der Waals surface area contributed by atoms with Crippen LogP contribution >= 0.6 is 0 Å². The summed E-state index contributed by atoms with van der Waals surface area (Å²) in [5.74, 6) is -0.634. The lowest BCUT2D eigenvalue weighted by Gasteiger charge is -2.15. The molecule has 0 atom stereocenters. The van der Waals surface area contributed by atoms with Gasteiger partial charge >= 0.3 is 6.18 Å². The third-order valence-corrected chi connectivity index (χ3v) is 4.95. The number of nitrogens with two attached hydrogens (primary N) is 1. The SMILES string of the molecule is NC(=O)c1cccc2c1c1[c]cc(CO)cc1n2Cc1ccccc1C(F)(F)F. The monoisotopic (exact) mass is 397 g/mol. The molecule has 0 saturated heterocycles. The standard InChI is InChI=1S/C22H16F3N2O2/c23-22(24,25)17-6-2-1-4-14(17)11-27-18-7-3-5-16(21(26)29)20(18)15-9-8-13(12-28)10-19(15)27/h1-8,10,28H,11-12H2,(H2,26,29). The van der Waals surface area contributed by atoms with E-state index in [2.05, 4.69) is 6.07 Å². The van der Waals surface area contributed by atoms with Crippen LogP contribution in [0.5, 0.6) is 0 Å². The molecule has 1 aromatic heterocycles. The van der Waals surface area contributed by atoms with Crippen LogP contribution in [-0.4, -0.2) is 15.6 Å². The first-order chi connectivity index (χ1) is 13.8. The van der Waals surface area contributed by atoms with Crippen LogP contribution in [0.4, 0.5) is 13.2 Å². The van der Waals surface area contributed by atoms with Gasteiger partial charge in [0.2, 0.25) is 5.91 Å². The van der Waals surface area contributed by atoms with Crippen LogP contribution in [0.25, 0.3) is 21.8 Å². The Kier molecular flexibility index (Phi) is 4.55. The number of hydrogen-bond donors (Lipinski definition) is 2. The van der Waals surface area contributed by atoms with E-state index >= 15 is 0 Å². The Bertz CT molecular complexity index is 1240. The minimum Gasteiger partial charge on any atom is -0.392 e. The van der Waals surface area contributed by atoms with Gasteiger partial charge in [-0.15, -0.1) is 0 Å². The Hall–Kier alpha value is -3.32. The molecule has 4 nitrogen and oxygen atoms in total. The summed E-state index contributed by atoms with van der Waals surface area (Å²) in [6, 6.07) is 16.6. The zero-order chi connectivity index (χ0) is 20.8. The van der Waals surface area contributed by atoms with Gasteiger partial charge in [-0.2, -0.15) is 13.2 Å². The predicted octanol–water partition coefficient (Wildman–Crippen LogP) is 4.25. The number of carbonyl (C=O) groups excluding carboxylic acids is 1. The van der Waals surface area contributed by atoms with Crippen LogP contribution in [0, 0.1) is 6.07 Å². The van der Waals surface area contributed by atoms with Gasteiger partial charge < -0.3 is 15.4 Å². The summed E-state index contributed by atoms with van der Waals surface area (Å²) in [6.07, 6.45) is -4.49. The summed E-state index contributed by atoms with van der Waals surface area (Å²) in [7, 11) is 0. The van der Waals surface area contributed by atoms with E-state index in [1.54, 1.807) is 41.0 Å². The quantitative estimate of drug-likeness (QED) is 0.541. The second kappa shape index (κ2) is 6.93. The first-order valence-corrected chi connectivity index (χ1v) is 8.82. The highest BCUT2D eigenvalue weighted by Gasteiger charge is 2.33. The molecule has 29 heavy (non-hydrogen) atoms. The molecule has 7 heteroatoms. The van der Waals surface area contributed by atoms with E-state index in [9.17, 15) is 23.1 Å². The van der Waals surface area contributed by atoms with Crippen molar-refractivity contribution in [2.75, 3.05) is 0 Å². The Morgan fingerprint density at radius 1 is 1.10 bits per heavy atom. The van der Waals surface area contributed by atoms with Gasteiger partial charge in [-0.25, -0.2) is 0 Å². The van der Waals surface area contributed by atoms with Crippen molar-refractivity contribution in [3.63, 3.8) is 0 Å². The van der Waals surface area contributed by atoms with Gasteiger partial charge in [-0.1, -0.05) is 24.3 Å². The molecule has 0 unspecified atom stereocenters. The van der Waals surface area contributed by atoms with Crippen molar-refractivity contribution in [3.8, 4) is 0 Å². The van der Waals surface area contributed by atoms with Crippen LogP contribution in [0.15, 0.2) is 54.6 Å². The highest BCUT2D eigenvalue weighted by molar-refractivity contribution is 6.17. The van der Waals surface area contributed by atoms with E-state index in [4.69, 9.17) is 5.73 Å². The third-order valence-electron chi connectivity index (χ3n) is 4.95. The number of aliphatic hydroxyl groups is 1. The van der Waals surface area contributed by atoms with E-state index in [1.807, 2.05) is 0 Å². The van der Waals surface area contributed by atoms with Crippen molar-refractivity contribution in [3.05, 3.63) is 82.9 Å². The molecule has 0 spiro atoms. The number of benzene rings is 3. The second-order valence-electron chi connectivity index (χ2n) is 6.73. The summed E-state index contributed by atoms with van der Waals surface area (Å²) in [4.78, 5) is 11.9. The number of amides is 1. The first-order valence-electron chi connectivity index (χ1n) is 8.82. The molecule has 3 N–H and O–H groups in total. The molecule has 1 radical (unpaired) electrons. The fraction of sp³-hybridized carbons (Fsp3) is 0.136. The molecule has 1 amide bonds. The van der Waals surface area contributed by atoms with Crippen molar-refractivity contribution < 1.29 is 23.1 Å². The van der Waals surface area contributed by atoms with E-state index in [-0.39, 0.29) is 24.3 Å². The second-order valence-corrected chi connectivity index (χ2v) is 6.73. The number of aliphatic hydroxyl groups excluding tert-OH is 1. The summed E-state index contributed by atoms with van der Waals surface area (Å²) in [6.45, 7) is -0.309. The van der Waals surface area contributed by atoms with E-state index in [1.165, 1.54) is 12.1 Å². The normalized spacial score (nSPS) is 12.0. The maximum absolute atomic E-state index is 13.5. The number of halogens is 3. The van der Waals surface area contributed by atoms with E-state index in [0.717, 1.165) is 6.07 Å². The van der Waals surface area contributed by atoms with Crippen LogP contribution in [-0.2, 0) is 19.3 Å². The minimum absolute atomic E-state index is 0.0688. The summed E-state index contributed by atoms with van der Waals surface area (Å²) in [5, 5.41) is 10.6. The van der Waals surface area contributed by atoms with Crippen LogP contribution < -0.4 is 5.73 Å². The zero-order valence-corrected chi connectivity index (χ0v) is 15.1. The number of rotatable bonds is 4. The Morgan fingerprint density at radius 2 is 1.86 bits per heavy atom. The fourth-order valence-corrected chi connectivity index (χ4v) is 3.67. The lowest BCUT2D eigenvalue weighted by Crippen LogP contribution is -2.12. The minimum atomic E-state index is -4.49. The van der Waals surface area contributed by atoms with Gasteiger partial charge in [0, 0.05) is 22.9 Å². The van der Waals surface area contributed by atoms with Crippen molar-refractivity contribution >= 4 is 27.7 Å². The van der Waals surface area contributed by atoms with Gasteiger partial charge in [-0.05, 0) is 47.5 Å². The first kappa shape index (κ1) is 19.0. The summed E-state index contributed by atoms with van der Waals surface area (Å²) in [5.41, 5.74) is 6.86. The Balaban J connectivity index is 2.04. The van der Waals surface area contributed by atoms with Crippen LogP contribution in [0.2, 0.25) is 0 Å². The molecule has 1 heterocycles. The lowest BCUT2D eigenvalue weighted by molar-refractivity contribution is -0.138. The molecular weight excluding hydrogens is 381 g/mol. The molecule has 4 aromatic rings. The average molecular weight is 397 g/mol. The molecule has 0 aliphatic rings. The van der Waals surface area contributed by atoms with Gasteiger partial charge in [-0.3, -0.25) is 4.79 Å². The van der Waals surface area contributed by atoms with Crippen molar-refractivity contribution in [1.82, 2.24) is 4.57 Å². The molecular formula is C22H16F3N2O2. The average Bonchev–Trinajstić information content (AvgIpc) is 3.00. The Morgan fingerprint density at radius 3 is 2.55 bits per heavy atom. The maximum atomic E-state index is 13.5. The lowest BCUT2D eigenvalue weighted by atomic mass is 10.0. The van der Waals surface area contributed by atoms with Crippen LogP contribution in [0.1, 0.15) is 27.0 Å². The largest absolute Gasteiger partial charge is 0.416 e. The number of hydrogen-bond acceptors (Lipinski definition) is 2. The molecule has 0 aliphatic heterocycles. The van der Waals surface area contributed by atoms with Crippen molar-refractivity contribution in [1.29, 1.82) is 0 Å². The van der Waals surface area contributed by atoms with Gasteiger partial charge in [0.15, 0.2) is 0 Å². The summed E-state index contributed by atoms with van der Waals surface area (Å²) >= 11 is 0. The molecule has 147 valence electrons. The topological polar surface area (TPSA) is 68.2 Å². The Labute approximate surface area is 164 Å². The smallest absolute Gasteiger partial charge is 0.392 e. The molecule has 0 saturated carbocycles. The summed E-state index contributed by atoms with van der Waals surface area (Å²) < 4.78 is 42.1. The third kappa shape index (κ3) is 3.23. The highest BCUT2D eigenvalue weighted by atomic mass is 19.4. The molecule has 4 rings (SSSR count). The van der Waals surface area contributed by atoms with Crippen molar-refractivity contribution in [2.24, 2.45) is 5.73 Å². The fourth-order valence-electron chi connectivity index (χ4n) is 3.67. The molecule has 0 bridgehead atoms. The van der Waals surface area contributed by atoms with Crippen LogP contribution in [0.3, 0.4) is 0 Å². The number of alkyl halides is 3. The van der Waals surface area contributed by atoms with E-state index < -0.39 is 17.6 Å². The maximum Gasteiger partial charge on any atom is 0.416 e. The van der Waals surface area contributed by atoms with Gasteiger partial charge in [0.1, 0.15) is 0 Å². The van der Waals surface area contributed by atoms with E-state index in [0.29, 0.717) is 27.4 Å². The predicted molar refractivity (Wildman–Crippen MR) is 103 cm³/mol. The number of primary amides is 1. The molecule has 0 fully saturated rings. The number of aromatic nitrogens is 1. The van der Waals surface area contributed by atoms with Gasteiger partial charge in [0.25, 0.3) is 0 Å². The molecule has 0 aliphatic carbocycles. The molecule has 3 aromatic carbocycles.